The van der Waals surface area contributed by atoms with Crippen LogP contribution in [-0.4, -0.2) is 60.1 Å². The van der Waals surface area contributed by atoms with Crippen molar-refractivity contribution in [1.82, 2.24) is 14.9 Å². The first-order valence-corrected chi connectivity index (χ1v) is 8.38. The molecule has 146 valence electrons. The van der Waals surface area contributed by atoms with Crippen molar-refractivity contribution in [2.24, 2.45) is 10.7 Å². The smallest absolute Gasteiger partial charge is 0.225 e. The van der Waals surface area contributed by atoms with Crippen molar-refractivity contribution in [1.29, 1.82) is 0 Å². The van der Waals surface area contributed by atoms with Crippen molar-refractivity contribution in [3.63, 3.8) is 0 Å². The molecule has 3 rings (SSSR count). The van der Waals surface area contributed by atoms with Crippen LogP contribution < -0.4 is 16.0 Å². The minimum Gasteiger partial charge on any atom is -0.370 e. The van der Waals surface area contributed by atoms with Gasteiger partial charge in [-0.15, -0.1) is 24.0 Å². The van der Waals surface area contributed by atoms with Crippen LogP contribution in [0.4, 0.5) is 20.4 Å². The molecule has 7 nitrogen and oxygen atoms in total. The zero-order chi connectivity index (χ0) is 18.4. The fourth-order valence-corrected chi connectivity index (χ4v) is 2.71. The molecular formula is C17H22F2IN7. The minimum atomic E-state index is -0.580. The number of hydrogen-bond acceptors (Lipinski definition) is 5. The quantitative estimate of drug-likeness (QED) is 0.380. The number of aliphatic imine (C=N–C) groups is 1. The van der Waals surface area contributed by atoms with E-state index < -0.39 is 11.6 Å². The van der Waals surface area contributed by atoms with E-state index in [-0.39, 0.29) is 35.6 Å². The van der Waals surface area contributed by atoms with Gasteiger partial charge >= 0.3 is 0 Å². The average Bonchev–Trinajstić information content (AvgIpc) is 2.66. The Bertz CT molecular complexity index is 752. The second kappa shape index (κ2) is 10.3. The third-order valence-electron chi connectivity index (χ3n) is 4.10. The second-order valence-electron chi connectivity index (χ2n) is 5.89. The lowest BCUT2D eigenvalue weighted by Crippen LogP contribution is -2.47. The van der Waals surface area contributed by atoms with Crippen molar-refractivity contribution in [3.8, 4) is 0 Å². The number of guanidine groups is 1. The van der Waals surface area contributed by atoms with Gasteiger partial charge in [-0.3, -0.25) is 9.89 Å². The van der Waals surface area contributed by atoms with Gasteiger partial charge in [0, 0.05) is 51.2 Å². The summed E-state index contributed by atoms with van der Waals surface area (Å²) in [5, 5.41) is 2.59. The number of rotatable bonds is 5. The molecule has 3 N–H and O–H groups in total. The monoisotopic (exact) mass is 489 g/mol. The van der Waals surface area contributed by atoms with Gasteiger partial charge in [-0.2, -0.15) is 0 Å². The molecule has 0 amide bonds. The Labute approximate surface area is 173 Å². The van der Waals surface area contributed by atoms with Gasteiger partial charge in [0.25, 0.3) is 0 Å². The predicted octanol–water partition coefficient (Wildman–Crippen LogP) is 1.92. The molecule has 10 heteroatoms. The van der Waals surface area contributed by atoms with Crippen LogP contribution in [0.3, 0.4) is 0 Å². The molecule has 1 aliphatic heterocycles. The summed E-state index contributed by atoms with van der Waals surface area (Å²) in [7, 11) is 0. The van der Waals surface area contributed by atoms with Crippen LogP contribution in [-0.2, 0) is 0 Å². The molecule has 1 fully saturated rings. The third-order valence-corrected chi connectivity index (χ3v) is 4.10. The van der Waals surface area contributed by atoms with E-state index >= 15 is 0 Å². The van der Waals surface area contributed by atoms with Crippen molar-refractivity contribution in [2.75, 3.05) is 49.5 Å². The summed E-state index contributed by atoms with van der Waals surface area (Å²) in [6, 6.07) is 4.93. The highest BCUT2D eigenvalue weighted by Crippen LogP contribution is 2.14. The van der Waals surface area contributed by atoms with Crippen LogP contribution >= 0.6 is 24.0 Å². The standard InChI is InChI=1S/C17H21F2N7.HI/c18-13-2-3-14(19)15(12-13)24-16(20)21-6-7-25-8-10-26(11-9-25)17-22-4-1-5-23-17;/h1-5,12H,6-11H2,(H3,20,21,24);1H. The molecule has 2 aromatic rings. The molecule has 1 aliphatic rings. The molecule has 0 radical (unpaired) electrons. The first-order valence-electron chi connectivity index (χ1n) is 8.38. The summed E-state index contributed by atoms with van der Waals surface area (Å²) in [5.74, 6) is -0.313. The van der Waals surface area contributed by atoms with E-state index in [1.807, 2.05) is 0 Å². The van der Waals surface area contributed by atoms with E-state index in [1.165, 1.54) is 0 Å². The Hall–Kier alpha value is -2.08. The Morgan fingerprint density at radius 2 is 1.85 bits per heavy atom. The largest absolute Gasteiger partial charge is 0.370 e. The first-order chi connectivity index (χ1) is 12.6. The topological polar surface area (TPSA) is 82.7 Å². The third kappa shape index (κ3) is 6.24. The van der Waals surface area contributed by atoms with Crippen molar-refractivity contribution < 1.29 is 8.78 Å². The lowest BCUT2D eigenvalue weighted by atomic mass is 10.3. The highest BCUT2D eigenvalue weighted by Gasteiger charge is 2.18. The van der Waals surface area contributed by atoms with Crippen LogP contribution in [0, 0.1) is 11.6 Å². The van der Waals surface area contributed by atoms with Crippen LogP contribution in [0.2, 0.25) is 0 Å². The molecule has 2 heterocycles. The van der Waals surface area contributed by atoms with E-state index in [9.17, 15) is 8.78 Å². The highest BCUT2D eigenvalue weighted by atomic mass is 127. The van der Waals surface area contributed by atoms with Crippen LogP contribution in [0.5, 0.6) is 0 Å². The van der Waals surface area contributed by atoms with Gasteiger partial charge in [0.1, 0.15) is 11.6 Å². The Morgan fingerprint density at radius 3 is 2.56 bits per heavy atom. The normalized spacial score (nSPS) is 15.3. The average molecular weight is 489 g/mol. The number of aromatic nitrogens is 2. The maximum absolute atomic E-state index is 13.6. The summed E-state index contributed by atoms with van der Waals surface area (Å²) in [6.45, 7) is 4.64. The van der Waals surface area contributed by atoms with E-state index in [0.29, 0.717) is 6.54 Å². The summed E-state index contributed by atoms with van der Waals surface area (Å²) in [5.41, 5.74) is 5.72. The van der Waals surface area contributed by atoms with E-state index in [4.69, 9.17) is 5.73 Å². The fourth-order valence-electron chi connectivity index (χ4n) is 2.71. The molecule has 0 bridgehead atoms. The molecule has 27 heavy (non-hydrogen) atoms. The van der Waals surface area contributed by atoms with Gasteiger partial charge in [0.05, 0.1) is 12.2 Å². The molecule has 0 atom stereocenters. The Balaban J connectivity index is 0.00000261. The highest BCUT2D eigenvalue weighted by molar-refractivity contribution is 14.0. The maximum Gasteiger partial charge on any atom is 0.225 e. The van der Waals surface area contributed by atoms with Gasteiger partial charge in [0.15, 0.2) is 5.96 Å². The first kappa shape index (κ1) is 21.2. The summed E-state index contributed by atoms with van der Waals surface area (Å²) in [4.78, 5) is 17.1. The number of anilines is 2. The minimum absolute atomic E-state index is 0. The Morgan fingerprint density at radius 1 is 1.15 bits per heavy atom. The number of nitrogens with one attached hydrogen (secondary N) is 1. The molecule has 1 saturated heterocycles. The van der Waals surface area contributed by atoms with Gasteiger partial charge < -0.3 is 16.0 Å². The lowest BCUT2D eigenvalue weighted by Gasteiger charge is -2.34. The van der Waals surface area contributed by atoms with Crippen molar-refractivity contribution >= 4 is 41.6 Å². The molecule has 0 saturated carbocycles. The number of hydrogen-bond donors (Lipinski definition) is 2. The van der Waals surface area contributed by atoms with E-state index in [0.717, 1.165) is 56.9 Å². The maximum atomic E-state index is 13.6. The molecular weight excluding hydrogens is 467 g/mol. The van der Waals surface area contributed by atoms with E-state index in [2.05, 4.69) is 30.1 Å². The number of nitrogens with zero attached hydrogens (tertiary/aromatic N) is 5. The summed E-state index contributed by atoms with van der Waals surface area (Å²) in [6.07, 6.45) is 3.47. The van der Waals surface area contributed by atoms with Gasteiger partial charge in [-0.25, -0.2) is 18.7 Å². The number of halogens is 3. The second-order valence-corrected chi connectivity index (χ2v) is 5.89. The lowest BCUT2D eigenvalue weighted by molar-refractivity contribution is 0.264. The Kier molecular flexibility index (Phi) is 8.10. The molecule has 0 spiro atoms. The predicted molar refractivity (Wildman–Crippen MR) is 113 cm³/mol. The fraction of sp³-hybridized carbons (Fsp3) is 0.353. The molecule has 0 unspecified atom stereocenters. The van der Waals surface area contributed by atoms with Gasteiger partial charge in [0.2, 0.25) is 5.95 Å². The summed E-state index contributed by atoms with van der Waals surface area (Å²) < 4.78 is 26.7. The molecule has 1 aromatic carbocycles. The van der Waals surface area contributed by atoms with Crippen molar-refractivity contribution in [3.05, 3.63) is 48.3 Å². The number of nitrogens with two attached hydrogens (primary N) is 1. The van der Waals surface area contributed by atoms with E-state index in [1.54, 1.807) is 18.5 Å². The van der Waals surface area contributed by atoms with Gasteiger partial charge in [-0.05, 0) is 18.2 Å². The van der Waals surface area contributed by atoms with Crippen LogP contribution in [0.25, 0.3) is 0 Å². The van der Waals surface area contributed by atoms with Crippen molar-refractivity contribution in [2.45, 2.75) is 0 Å². The number of piperazine rings is 1. The molecule has 1 aromatic heterocycles. The zero-order valence-corrected chi connectivity index (χ0v) is 17.0. The zero-order valence-electron chi connectivity index (χ0n) is 14.7. The molecule has 0 aliphatic carbocycles. The number of benzene rings is 1. The summed E-state index contributed by atoms with van der Waals surface area (Å²) >= 11 is 0. The van der Waals surface area contributed by atoms with Crippen LogP contribution in [0.15, 0.2) is 41.7 Å². The SMILES string of the molecule is I.NC(=NCCN1CCN(c2ncccn2)CC1)Nc1cc(F)ccc1F. The van der Waals surface area contributed by atoms with Gasteiger partial charge in [-0.1, -0.05) is 0 Å². The van der Waals surface area contributed by atoms with Crippen LogP contribution in [0.1, 0.15) is 0 Å².